The van der Waals surface area contributed by atoms with Crippen LogP contribution in [0.3, 0.4) is 0 Å². The Morgan fingerprint density at radius 1 is 1.36 bits per heavy atom. The van der Waals surface area contributed by atoms with Crippen LogP contribution in [0.2, 0.25) is 0 Å². The van der Waals surface area contributed by atoms with Crippen molar-refractivity contribution in [2.45, 2.75) is 31.7 Å². The van der Waals surface area contributed by atoms with E-state index < -0.39 is 12.0 Å². The molecule has 1 fully saturated rings. The third-order valence-corrected chi connectivity index (χ3v) is 2.04. The first-order valence-electron chi connectivity index (χ1n) is 3.63. The van der Waals surface area contributed by atoms with Gasteiger partial charge in [-0.3, -0.25) is 0 Å². The van der Waals surface area contributed by atoms with Crippen molar-refractivity contribution in [1.29, 1.82) is 0 Å². The summed E-state index contributed by atoms with van der Waals surface area (Å²) in [7, 11) is 0. The number of carbonyl (C=O) groups excluding carboxylic acids is 1. The van der Waals surface area contributed by atoms with Gasteiger partial charge in [0.2, 0.25) is 6.08 Å². The van der Waals surface area contributed by atoms with E-state index in [-0.39, 0.29) is 0 Å². The Balaban J connectivity index is 2.62. The van der Waals surface area contributed by atoms with Gasteiger partial charge in [-0.2, -0.15) is 8.78 Å². The molecule has 0 unspecified atom stereocenters. The minimum atomic E-state index is -3.17. The summed E-state index contributed by atoms with van der Waals surface area (Å²) in [6.45, 7) is 0. The fraction of sp³-hybridized carbons (Fsp3) is 0.857. The highest BCUT2D eigenvalue weighted by molar-refractivity contribution is 5.33. The third kappa shape index (κ3) is 1.84. The Hall–Kier alpha value is -0.760. The summed E-state index contributed by atoms with van der Waals surface area (Å²) in [5.41, 5.74) is 0. The van der Waals surface area contributed by atoms with Gasteiger partial charge in [-0.05, 0) is 12.8 Å². The van der Waals surface area contributed by atoms with Crippen molar-refractivity contribution in [1.82, 2.24) is 0 Å². The highest BCUT2D eigenvalue weighted by Gasteiger charge is 2.40. The van der Waals surface area contributed by atoms with Gasteiger partial charge in [0.05, 0.1) is 0 Å². The molecule has 0 atom stereocenters. The Morgan fingerprint density at radius 2 is 1.91 bits per heavy atom. The fourth-order valence-corrected chi connectivity index (χ4v) is 1.43. The molecule has 1 saturated carbocycles. The predicted octanol–water partition coefficient (Wildman–Crippen LogP) is 2.11. The van der Waals surface area contributed by atoms with Crippen molar-refractivity contribution in [3.8, 4) is 0 Å². The lowest BCUT2D eigenvalue weighted by molar-refractivity contribution is -0.0463. The molecule has 0 amide bonds. The van der Waals surface area contributed by atoms with E-state index in [0.29, 0.717) is 12.8 Å². The molecule has 0 aromatic heterocycles. The minimum Gasteiger partial charge on any atom is -0.211 e. The molecule has 1 aliphatic carbocycles. The summed E-state index contributed by atoms with van der Waals surface area (Å²) in [6.07, 6.45) is 3.48. The molecule has 2 nitrogen and oxygen atoms in total. The monoisotopic (exact) mass is 161 g/mol. The van der Waals surface area contributed by atoms with Crippen molar-refractivity contribution in [3.05, 3.63) is 0 Å². The van der Waals surface area contributed by atoms with Gasteiger partial charge in [0.1, 0.15) is 0 Å². The molecular formula is C7H9F2NO. The van der Waals surface area contributed by atoms with Crippen LogP contribution in [0.25, 0.3) is 0 Å². The largest absolute Gasteiger partial charge is 0.354 e. The lowest BCUT2D eigenvalue weighted by Crippen LogP contribution is -2.22. The van der Waals surface area contributed by atoms with Crippen LogP contribution in [-0.4, -0.2) is 12.1 Å². The second-order valence-corrected chi connectivity index (χ2v) is 2.77. The smallest absolute Gasteiger partial charge is 0.211 e. The molecule has 0 bridgehead atoms. The van der Waals surface area contributed by atoms with E-state index in [1.54, 1.807) is 0 Å². The zero-order valence-corrected chi connectivity index (χ0v) is 6.02. The molecule has 0 radical (unpaired) electrons. The number of halogens is 2. The average Bonchev–Trinajstić information content (AvgIpc) is 2.37. The van der Waals surface area contributed by atoms with Gasteiger partial charge in [0, 0.05) is 5.92 Å². The highest BCUT2D eigenvalue weighted by atomic mass is 19.3. The normalized spacial score (nSPS) is 19.8. The van der Waals surface area contributed by atoms with Gasteiger partial charge in [-0.25, -0.2) is 4.79 Å². The van der Waals surface area contributed by atoms with Gasteiger partial charge in [0.25, 0.3) is 0 Å². The summed E-state index contributed by atoms with van der Waals surface area (Å²) in [6, 6.07) is -3.17. The average molecular weight is 161 g/mol. The van der Waals surface area contributed by atoms with Crippen LogP contribution in [0.1, 0.15) is 25.7 Å². The maximum absolute atomic E-state index is 12.7. The first-order chi connectivity index (χ1) is 5.17. The Bertz CT molecular complexity index is 181. The Morgan fingerprint density at radius 3 is 2.36 bits per heavy atom. The topological polar surface area (TPSA) is 29.4 Å². The van der Waals surface area contributed by atoms with Gasteiger partial charge in [-0.1, -0.05) is 12.8 Å². The first kappa shape index (κ1) is 8.34. The quantitative estimate of drug-likeness (QED) is 0.346. The van der Waals surface area contributed by atoms with E-state index in [1.807, 2.05) is 0 Å². The summed E-state index contributed by atoms with van der Waals surface area (Å²) in [5.74, 6) is -0.732. The van der Waals surface area contributed by atoms with Crippen molar-refractivity contribution < 1.29 is 13.6 Å². The molecule has 0 N–H and O–H groups in total. The summed E-state index contributed by atoms with van der Waals surface area (Å²) in [5, 5.41) is 0. The molecule has 0 heterocycles. The van der Waals surface area contributed by atoms with Crippen LogP contribution < -0.4 is 0 Å². The van der Waals surface area contributed by atoms with Gasteiger partial charge in [-0.15, -0.1) is 4.99 Å². The van der Waals surface area contributed by atoms with Crippen LogP contribution in [-0.2, 0) is 4.79 Å². The molecule has 0 aromatic carbocycles. The van der Waals surface area contributed by atoms with Crippen LogP contribution >= 0.6 is 0 Å². The van der Waals surface area contributed by atoms with Crippen LogP contribution in [0.15, 0.2) is 4.99 Å². The Labute approximate surface area is 63.3 Å². The molecule has 0 saturated heterocycles. The molecule has 0 spiro atoms. The van der Waals surface area contributed by atoms with Gasteiger partial charge in [0.15, 0.2) is 0 Å². The second-order valence-electron chi connectivity index (χ2n) is 2.77. The molecule has 4 heteroatoms. The van der Waals surface area contributed by atoms with E-state index in [9.17, 15) is 13.6 Å². The zero-order valence-electron chi connectivity index (χ0n) is 6.02. The molecule has 0 aliphatic heterocycles. The number of hydrogen-bond acceptors (Lipinski definition) is 2. The molecule has 1 rings (SSSR count). The predicted molar refractivity (Wildman–Crippen MR) is 35.0 cm³/mol. The third-order valence-electron chi connectivity index (χ3n) is 2.04. The van der Waals surface area contributed by atoms with Crippen molar-refractivity contribution in [2.75, 3.05) is 0 Å². The van der Waals surface area contributed by atoms with E-state index in [2.05, 4.69) is 4.99 Å². The van der Waals surface area contributed by atoms with Gasteiger partial charge >= 0.3 is 6.05 Å². The van der Waals surface area contributed by atoms with Gasteiger partial charge < -0.3 is 0 Å². The van der Waals surface area contributed by atoms with E-state index >= 15 is 0 Å². The van der Waals surface area contributed by atoms with E-state index in [0.717, 1.165) is 18.9 Å². The number of isocyanates is 1. The van der Waals surface area contributed by atoms with Crippen molar-refractivity contribution >= 4 is 6.08 Å². The van der Waals surface area contributed by atoms with Crippen LogP contribution in [0, 0.1) is 5.92 Å². The zero-order chi connectivity index (χ0) is 8.32. The SMILES string of the molecule is O=C=NC(F)(F)C1CCCC1. The van der Waals surface area contributed by atoms with Crippen LogP contribution in [0.4, 0.5) is 8.78 Å². The van der Waals surface area contributed by atoms with E-state index in [4.69, 9.17) is 0 Å². The molecule has 62 valence electrons. The number of rotatable bonds is 2. The lowest BCUT2D eigenvalue weighted by Gasteiger charge is -2.15. The summed E-state index contributed by atoms with van der Waals surface area (Å²) >= 11 is 0. The maximum Gasteiger partial charge on any atom is 0.354 e. The second kappa shape index (κ2) is 3.09. The fourth-order valence-electron chi connectivity index (χ4n) is 1.43. The molecular weight excluding hydrogens is 152 g/mol. The number of aliphatic imine (C=N–C) groups is 1. The minimum absolute atomic E-state index is 0.470. The summed E-state index contributed by atoms with van der Waals surface area (Å²) in [4.78, 5) is 12.1. The van der Waals surface area contributed by atoms with Crippen molar-refractivity contribution in [3.63, 3.8) is 0 Å². The molecule has 0 aromatic rings. The highest BCUT2D eigenvalue weighted by Crippen LogP contribution is 2.38. The van der Waals surface area contributed by atoms with Crippen molar-refractivity contribution in [2.24, 2.45) is 10.9 Å². The molecule has 1 aliphatic rings. The van der Waals surface area contributed by atoms with Crippen LogP contribution in [0.5, 0.6) is 0 Å². The number of hydrogen-bond donors (Lipinski definition) is 0. The lowest BCUT2D eigenvalue weighted by atomic mass is 10.1. The Kier molecular flexibility index (Phi) is 2.35. The molecule has 11 heavy (non-hydrogen) atoms. The summed E-state index contributed by atoms with van der Waals surface area (Å²) < 4.78 is 25.4. The maximum atomic E-state index is 12.7. The standard InChI is InChI=1S/C7H9F2NO/c8-7(9,10-5-11)6-3-1-2-4-6/h6H,1-4H2. The first-order valence-corrected chi connectivity index (χ1v) is 3.63. The number of alkyl halides is 2. The number of nitrogens with zero attached hydrogens (tertiary/aromatic N) is 1. The van der Waals surface area contributed by atoms with E-state index in [1.165, 1.54) is 0 Å².